The van der Waals surface area contributed by atoms with Crippen LogP contribution in [-0.2, 0) is 6.61 Å². The van der Waals surface area contributed by atoms with E-state index in [-0.39, 0.29) is 6.61 Å². The second kappa shape index (κ2) is 6.19. The standard InChI is InChI=1S/C15H15BrO3/c1-10(18)11-6-7-15(13(16)8-11)19-14-5-3-2-4-12(14)9-17/h2-8,10,17-18H,9H2,1H3/t10-/m1/s1. The van der Waals surface area contributed by atoms with Crippen LogP contribution in [0.25, 0.3) is 0 Å². The van der Waals surface area contributed by atoms with E-state index in [0.29, 0.717) is 11.5 Å². The van der Waals surface area contributed by atoms with Crippen LogP contribution >= 0.6 is 15.9 Å². The van der Waals surface area contributed by atoms with Crippen LogP contribution in [-0.4, -0.2) is 10.2 Å². The molecule has 2 rings (SSSR count). The SMILES string of the molecule is C[C@@H](O)c1ccc(Oc2ccccc2CO)c(Br)c1. The summed E-state index contributed by atoms with van der Waals surface area (Å²) in [5, 5.41) is 18.8. The molecule has 19 heavy (non-hydrogen) atoms. The van der Waals surface area contributed by atoms with E-state index in [0.717, 1.165) is 15.6 Å². The van der Waals surface area contributed by atoms with Crippen LogP contribution in [0.4, 0.5) is 0 Å². The van der Waals surface area contributed by atoms with Crippen molar-refractivity contribution >= 4 is 15.9 Å². The minimum Gasteiger partial charge on any atom is -0.456 e. The highest BCUT2D eigenvalue weighted by atomic mass is 79.9. The Morgan fingerprint density at radius 1 is 1.16 bits per heavy atom. The molecule has 1 atom stereocenters. The summed E-state index contributed by atoms with van der Waals surface area (Å²) in [6.45, 7) is 1.64. The lowest BCUT2D eigenvalue weighted by molar-refractivity contribution is 0.199. The summed E-state index contributed by atoms with van der Waals surface area (Å²) >= 11 is 3.42. The Kier molecular flexibility index (Phi) is 4.58. The second-order valence-corrected chi connectivity index (χ2v) is 5.09. The summed E-state index contributed by atoms with van der Waals surface area (Å²) in [6.07, 6.45) is -0.518. The van der Waals surface area contributed by atoms with Crippen LogP contribution in [0.3, 0.4) is 0 Å². The predicted molar refractivity (Wildman–Crippen MR) is 77.2 cm³/mol. The van der Waals surface area contributed by atoms with E-state index in [2.05, 4.69) is 15.9 Å². The smallest absolute Gasteiger partial charge is 0.141 e. The number of halogens is 1. The van der Waals surface area contributed by atoms with Crippen LogP contribution in [0.1, 0.15) is 24.2 Å². The van der Waals surface area contributed by atoms with Gasteiger partial charge in [-0.3, -0.25) is 0 Å². The molecule has 0 spiro atoms. The van der Waals surface area contributed by atoms with Crippen molar-refractivity contribution in [1.82, 2.24) is 0 Å². The Morgan fingerprint density at radius 2 is 1.89 bits per heavy atom. The topological polar surface area (TPSA) is 49.7 Å². The van der Waals surface area contributed by atoms with Gasteiger partial charge >= 0.3 is 0 Å². The summed E-state index contributed by atoms with van der Waals surface area (Å²) in [7, 11) is 0. The maximum Gasteiger partial charge on any atom is 0.141 e. The van der Waals surface area contributed by atoms with E-state index in [9.17, 15) is 10.2 Å². The molecular weight excluding hydrogens is 308 g/mol. The Morgan fingerprint density at radius 3 is 2.53 bits per heavy atom. The number of para-hydroxylation sites is 1. The number of hydrogen-bond acceptors (Lipinski definition) is 3. The molecule has 0 unspecified atom stereocenters. The monoisotopic (exact) mass is 322 g/mol. The quantitative estimate of drug-likeness (QED) is 0.900. The Balaban J connectivity index is 2.28. The van der Waals surface area contributed by atoms with Crippen LogP contribution in [0.2, 0.25) is 0 Å². The van der Waals surface area contributed by atoms with Crippen LogP contribution < -0.4 is 4.74 Å². The fourth-order valence-electron chi connectivity index (χ4n) is 1.71. The van der Waals surface area contributed by atoms with E-state index in [1.165, 1.54) is 0 Å². The van der Waals surface area contributed by atoms with Gasteiger partial charge in [-0.1, -0.05) is 24.3 Å². The normalized spacial score (nSPS) is 12.2. The molecule has 0 aliphatic heterocycles. The molecule has 3 nitrogen and oxygen atoms in total. The molecular formula is C15H15BrO3. The number of aliphatic hydroxyl groups is 2. The molecule has 0 heterocycles. The van der Waals surface area contributed by atoms with Crippen molar-refractivity contribution < 1.29 is 14.9 Å². The summed E-state index contributed by atoms with van der Waals surface area (Å²) in [4.78, 5) is 0. The van der Waals surface area contributed by atoms with Gasteiger partial charge < -0.3 is 14.9 Å². The lowest BCUT2D eigenvalue weighted by Gasteiger charge is -2.12. The van der Waals surface area contributed by atoms with Gasteiger partial charge in [-0.2, -0.15) is 0 Å². The average molecular weight is 323 g/mol. The highest BCUT2D eigenvalue weighted by Gasteiger charge is 2.09. The molecule has 0 aliphatic rings. The van der Waals surface area contributed by atoms with Gasteiger partial charge in [-0.25, -0.2) is 0 Å². The summed E-state index contributed by atoms with van der Waals surface area (Å²) in [5.41, 5.74) is 1.55. The van der Waals surface area contributed by atoms with Crippen LogP contribution in [0.15, 0.2) is 46.9 Å². The lowest BCUT2D eigenvalue weighted by Crippen LogP contribution is -1.94. The molecule has 0 saturated heterocycles. The van der Waals surface area contributed by atoms with Gasteiger partial charge in [0.1, 0.15) is 11.5 Å². The predicted octanol–water partition coefficient (Wildman–Crippen LogP) is 3.79. The largest absolute Gasteiger partial charge is 0.456 e. The zero-order valence-electron chi connectivity index (χ0n) is 10.5. The van der Waals surface area contributed by atoms with Gasteiger partial charge in [0.15, 0.2) is 0 Å². The first kappa shape index (κ1) is 14.1. The molecule has 2 aromatic carbocycles. The van der Waals surface area contributed by atoms with Gasteiger partial charge in [0.2, 0.25) is 0 Å². The molecule has 0 radical (unpaired) electrons. The minimum atomic E-state index is -0.518. The third kappa shape index (κ3) is 3.35. The number of hydrogen-bond donors (Lipinski definition) is 2. The molecule has 0 bridgehead atoms. The van der Waals surface area contributed by atoms with E-state index in [1.807, 2.05) is 30.3 Å². The molecule has 2 N–H and O–H groups in total. The summed E-state index contributed by atoms with van der Waals surface area (Å²) < 4.78 is 6.54. The highest BCUT2D eigenvalue weighted by Crippen LogP contribution is 2.33. The van der Waals surface area contributed by atoms with Crippen molar-refractivity contribution in [1.29, 1.82) is 0 Å². The van der Waals surface area contributed by atoms with Gasteiger partial charge in [0, 0.05) is 5.56 Å². The third-order valence-corrected chi connectivity index (χ3v) is 3.42. The van der Waals surface area contributed by atoms with Crippen molar-refractivity contribution in [3.05, 3.63) is 58.1 Å². The molecule has 100 valence electrons. The fourth-order valence-corrected chi connectivity index (χ4v) is 2.19. The number of rotatable bonds is 4. The van der Waals surface area contributed by atoms with Crippen molar-refractivity contribution in [2.45, 2.75) is 19.6 Å². The van der Waals surface area contributed by atoms with Crippen LogP contribution in [0.5, 0.6) is 11.5 Å². The number of ether oxygens (including phenoxy) is 1. The maximum atomic E-state index is 9.52. The van der Waals surface area contributed by atoms with Gasteiger partial charge in [0.05, 0.1) is 17.2 Å². The molecule has 0 aliphatic carbocycles. The lowest BCUT2D eigenvalue weighted by atomic mass is 10.1. The van der Waals surface area contributed by atoms with Gasteiger partial charge in [-0.15, -0.1) is 0 Å². The maximum absolute atomic E-state index is 9.52. The van der Waals surface area contributed by atoms with E-state index < -0.39 is 6.10 Å². The molecule has 0 saturated carbocycles. The van der Waals surface area contributed by atoms with Crippen LogP contribution in [0, 0.1) is 0 Å². The van der Waals surface area contributed by atoms with Crippen molar-refractivity contribution in [3.8, 4) is 11.5 Å². The van der Waals surface area contributed by atoms with E-state index in [1.54, 1.807) is 19.1 Å². The summed E-state index contributed by atoms with van der Waals surface area (Å²) in [6, 6.07) is 12.7. The first-order valence-corrected chi connectivity index (χ1v) is 6.75. The fraction of sp³-hybridized carbons (Fsp3) is 0.200. The zero-order chi connectivity index (χ0) is 13.8. The van der Waals surface area contributed by atoms with Gasteiger partial charge in [0.25, 0.3) is 0 Å². The van der Waals surface area contributed by atoms with Crippen molar-refractivity contribution in [3.63, 3.8) is 0 Å². The van der Waals surface area contributed by atoms with E-state index in [4.69, 9.17) is 4.74 Å². The third-order valence-electron chi connectivity index (χ3n) is 2.80. The zero-order valence-corrected chi connectivity index (χ0v) is 12.1. The molecule has 2 aromatic rings. The highest BCUT2D eigenvalue weighted by molar-refractivity contribution is 9.10. The molecule has 0 fully saturated rings. The second-order valence-electron chi connectivity index (χ2n) is 4.23. The van der Waals surface area contributed by atoms with E-state index >= 15 is 0 Å². The van der Waals surface area contributed by atoms with Gasteiger partial charge in [-0.05, 0) is 46.6 Å². The Labute approximate surface area is 120 Å². The molecule has 0 amide bonds. The van der Waals surface area contributed by atoms with Crippen molar-refractivity contribution in [2.75, 3.05) is 0 Å². The average Bonchev–Trinajstić information content (AvgIpc) is 2.41. The van der Waals surface area contributed by atoms with Crippen molar-refractivity contribution in [2.24, 2.45) is 0 Å². The molecule has 4 heteroatoms. The Hall–Kier alpha value is -1.36. The number of benzene rings is 2. The first-order valence-electron chi connectivity index (χ1n) is 5.96. The minimum absolute atomic E-state index is 0.0699. The first-order chi connectivity index (χ1) is 9.11. The molecule has 0 aromatic heterocycles. The number of aliphatic hydroxyl groups excluding tert-OH is 2. The Bertz CT molecular complexity index is 567. The summed E-state index contributed by atoms with van der Waals surface area (Å²) in [5.74, 6) is 1.26.